The van der Waals surface area contributed by atoms with Crippen LogP contribution in [0, 0.1) is 20.8 Å². The second-order valence-corrected chi connectivity index (χ2v) is 4.48. The van der Waals surface area contributed by atoms with Crippen LogP contribution in [0.15, 0.2) is 12.1 Å². The van der Waals surface area contributed by atoms with Crippen molar-refractivity contribution in [2.75, 3.05) is 11.4 Å². The van der Waals surface area contributed by atoms with Crippen molar-refractivity contribution in [3.8, 4) is 0 Å². The molecule has 4 heteroatoms. The van der Waals surface area contributed by atoms with Gasteiger partial charge in [0.1, 0.15) is 0 Å². The van der Waals surface area contributed by atoms with Crippen LogP contribution in [0.25, 0.3) is 0 Å². The average molecular weight is 213 g/mol. The lowest BCUT2D eigenvalue weighted by Crippen LogP contribution is -2.21. The van der Waals surface area contributed by atoms with Crippen molar-refractivity contribution in [1.82, 2.24) is 0 Å². The third-order valence-electron chi connectivity index (χ3n) is 2.18. The van der Waals surface area contributed by atoms with Gasteiger partial charge in [0, 0.05) is 7.05 Å². The summed E-state index contributed by atoms with van der Waals surface area (Å²) in [5.74, 6) is 0. The molecular formula is C10H15NO2S. The van der Waals surface area contributed by atoms with E-state index < -0.39 is 11.3 Å². The van der Waals surface area contributed by atoms with Gasteiger partial charge in [0.25, 0.3) is 11.3 Å². The smallest absolute Gasteiger partial charge is 0.261 e. The van der Waals surface area contributed by atoms with Crippen molar-refractivity contribution in [2.45, 2.75) is 20.8 Å². The maximum atomic E-state index is 10.9. The summed E-state index contributed by atoms with van der Waals surface area (Å²) in [4.78, 5) is 0. The first-order valence-electron chi connectivity index (χ1n) is 4.36. The number of benzene rings is 1. The third kappa shape index (κ3) is 2.13. The molecule has 0 aliphatic heterocycles. The largest absolute Gasteiger partial charge is 0.289 e. The van der Waals surface area contributed by atoms with Crippen molar-refractivity contribution >= 4 is 17.0 Å². The SMILES string of the molecule is Cc1cc(C)c(N(C)S(=O)O)c(C)c1. The maximum absolute atomic E-state index is 10.9. The van der Waals surface area contributed by atoms with E-state index in [2.05, 4.69) is 0 Å². The van der Waals surface area contributed by atoms with E-state index in [1.807, 2.05) is 32.9 Å². The van der Waals surface area contributed by atoms with Crippen LogP contribution in [0.4, 0.5) is 5.69 Å². The molecule has 1 atom stereocenters. The molecule has 78 valence electrons. The van der Waals surface area contributed by atoms with Crippen molar-refractivity contribution in [3.05, 3.63) is 28.8 Å². The van der Waals surface area contributed by atoms with E-state index in [9.17, 15) is 4.21 Å². The van der Waals surface area contributed by atoms with Gasteiger partial charge in [0.2, 0.25) is 0 Å². The Balaban J connectivity index is 3.27. The van der Waals surface area contributed by atoms with E-state index in [4.69, 9.17) is 4.55 Å². The highest BCUT2D eigenvalue weighted by atomic mass is 32.2. The minimum absolute atomic E-state index is 0.830. The standard InChI is InChI=1S/C10H15NO2S/c1-7-5-8(2)10(9(3)6-7)11(4)14(12)13/h5-6H,1-4H3,(H,12,13). The number of nitrogens with zero attached hydrogens (tertiary/aromatic N) is 1. The van der Waals surface area contributed by atoms with Crippen molar-refractivity contribution in [1.29, 1.82) is 0 Å². The summed E-state index contributed by atoms with van der Waals surface area (Å²) in [5, 5.41) is 0. The predicted molar refractivity (Wildman–Crippen MR) is 59.8 cm³/mol. The van der Waals surface area contributed by atoms with Gasteiger partial charge in [-0.3, -0.25) is 8.86 Å². The summed E-state index contributed by atoms with van der Waals surface area (Å²) in [6.07, 6.45) is 0. The van der Waals surface area contributed by atoms with Crippen LogP contribution < -0.4 is 4.31 Å². The normalized spacial score (nSPS) is 12.6. The molecule has 0 fully saturated rings. The minimum Gasteiger partial charge on any atom is -0.289 e. The molecule has 0 aromatic heterocycles. The van der Waals surface area contributed by atoms with Crippen LogP contribution in [-0.4, -0.2) is 15.8 Å². The number of hydrogen-bond donors (Lipinski definition) is 1. The Hall–Kier alpha value is -0.870. The molecule has 1 aromatic rings. The molecular weight excluding hydrogens is 198 g/mol. The molecule has 0 aliphatic rings. The van der Waals surface area contributed by atoms with Crippen LogP contribution in [0.1, 0.15) is 16.7 Å². The van der Waals surface area contributed by atoms with Gasteiger partial charge < -0.3 is 0 Å². The molecule has 0 aliphatic carbocycles. The summed E-state index contributed by atoms with van der Waals surface area (Å²) in [6.45, 7) is 5.90. The highest BCUT2D eigenvalue weighted by Gasteiger charge is 2.12. The van der Waals surface area contributed by atoms with Crippen LogP contribution in [0.2, 0.25) is 0 Å². The van der Waals surface area contributed by atoms with E-state index in [0.717, 1.165) is 16.8 Å². The van der Waals surface area contributed by atoms with Crippen molar-refractivity contribution in [3.63, 3.8) is 0 Å². The summed E-state index contributed by atoms with van der Waals surface area (Å²) in [7, 11) is 1.61. The summed E-state index contributed by atoms with van der Waals surface area (Å²) in [6, 6.07) is 4.01. The van der Waals surface area contributed by atoms with Crippen molar-refractivity contribution in [2.24, 2.45) is 0 Å². The van der Waals surface area contributed by atoms with E-state index in [1.54, 1.807) is 7.05 Å². The fraction of sp³-hybridized carbons (Fsp3) is 0.400. The second kappa shape index (κ2) is 4.11. The van der Waals surface area contributed by atoms with Gasteiger partial charge in [-0.05, 0) is 31.9 Å². The number of hydrogen-bond acceptors (Lipinski definition) is 1. The van der Waals surface area contributed by atoms with Crippen LogP contribution in [0.5, 0.6) is 0 Å². The topological polar surface area (TPSA) is 40.5 Å². The van der Waals surface area contributed by atoms with Gasteiger partial charge in [-0.25, -0.2) is 4.21 Å². The Labute approximate surface area is 87.2 Å². The quantitative estimate of drug-likeness (QED) is 0.765. The summed E-state index contributed by atoms with van der Waals surface area (Å²) >= 11 is -1.96. The van der Waals surface area contributed by atoms with Crippen molar-refractivity contribution < 1.29 is 8.76 Å². The molecule has 0 spiro atoms. The molecule has 1 rings (SSSR count). The molecule has 1 unspecified atom stereocenters. The number of anilines is 1. The van der Waals surface area contributed by atoms with Gasteiger partial charge in [-0.15, -0.1) is 0 Å². The lowest BCUT2D eigenvalue weighted by Gasteiger charge is -2.19. The zero-order chi connectivity index (χ0) is 10.9. The van der Waals surface area contributed by atoms with Gasteiger partial charge in [-0.2, -0.15) is 0 Å². The Kier molecular flexibility index (Phi) is 3.29. The summed E-state index contributed by atoms with van der Waals surface area (Å²) < 4.78 is 21.3. The Bertz CT molecular complexity index is 353. The van der Waals surface area contributed by atoms with Gasteiger partial charge >= 0.3 is 0 Å². The first-order valence-corrected chi connectivity index (χ1v) is 5.42. The monoisotopic (exact) mass is 213 g/mol. The molecule has 0 saturated carbocycles. The zero-order valence-corrected chi connectivity index (χ0v) is 9.68. The molecule has 0 saturated heterocycles. The highest BCUT2D eigenvalue weighted by molar-refractivity contribution is 7.80. The van der Waals surface area contributed by atoms with Crippen LogP contribution in [0.3, 0.4) is 0 Å². The highest BCUT2D eigenvalue weighted by Crippen LogP contribution is 2.25. The second-order valence-electron chi connectivity index (χ2n) is 3.48. The Morgan fingerprint density at radius 2 is 1.64 bits per heavy atom. The molecule has 0 amide bonds. The first kappa shape index (κ1) is 11.2. The lowest BCUT2D eigenvalue weighted by atomic mass is 10.1. The van der Waals surface area contributed by atoms with Gasteiger partial charge in [-0.1, -0.05) is 17.7 Å². The molecule has 1 N–H and O–H groups in total. The number of aryl methyl sites for hydroxylation is 3. The van der Waals surface area contributed by atoms with E-state index >= 15 is 0 Å². The zero-order valence-electron chi connectivity index (χ0n) is 8.87. The fourth-order valence-electron chi connectivity index (χ4n) is 1.75. The summed E-state index contributed by atoms with van der Waals surface area (Å²) in [5.41, 5.74) is 4.04. The van der Waals surface area contributed by atoms with E-state index in [0.29, 0.717) is 0 Å². The molecule has 0 bridgehead atoms. The molecule has 0 radical (unpaired) electrons. The molecule has 1 aromatic carbocycles. The Morgan fingerprint density at radius 1 is 1.21 bits per heavy atom. The minimum atomic E-state index is -1.96. The predicted octanol–water partition coefficient (Wildman–Crippen LogP) is 2.18. The first-order chi connectivity index (χ1) is 6.43. The third-order valence-corrected chi connectivity index (χ3v) is 2.84. The fourth-order valence-corrected chi connectivity index (χ4v) is 2.19. The average Bonchev–Trinajstić information content (AvgIpc) is 2.01. The maximum Gasteiger partial charge on any atom is 0.261 e. The van der Waals surface area contributed by atoms with Crippen LogP contribution in [-0.2, 0) is 11.3 Å². The molecule has 0 heterocycles. The molecule has 3 nitrogen and oxygen atoms in total. The van der Waals surface area contributed by atoms with E-state index in [1.165, 1.54) is 9.87 Å². The van der Waals surface area contributed by atoms with Gasteiger partial charge in [0.05, 0.1) is 5.69 Å². The van der Waals surface area contributed by atoms with Gasteiger partial charge in [0.15, 0.2) is 0 Å². The van der Waals surface area contributed by atoms with Crippen LogP contribution >= 0.6 is 0 Å². The number of rotatable bonds is 2. The Morgan fingerprint density at radius 3 is 2.00 bits per heavy atom. The van der Waals surface area contributed by atoms with E-state index in [-0.39, 0.29) is 0 Å². The molecule has 14 heavy (non-hydrogen) atoms. The lowest BCUT2D eigenvalue weighted by molar-refractivity contribution is 0.562.